The van der Waals surface area contributed by atoms with Gasteiger partial charge >= 0.3 is 0 Å². The van der Waals surface area contributed by atoms with E-state index in [-0.39, 0.29) is 5.78 Å². The van der Waals surface area contributed by atoms with Crippen LogP contribution in [0.1, 0.15) is 22.5 Å². The minimum absolute atomic E-state index is 0.188. The van der Waals surface area contributed by atoms with Crippen LogP contribution in [-0.2, 0) is 4.74 Å². The van der Waals surface area contributed by atoms with E-state index in [2.05, 4.69) is 0 Å². The van der Waals surface area contributed by atoms with Gasteiger partial charge in [-0.3, -0.25) is 4.79 Å². The van der Waals surface area contributed by atoms with Crippen molar-refractivity contribution in [1.29, 1.82) is 0 Å². The highest BCUT2D eigenvalue weighted by Gasteiger charge is 2.16. The molecule has 5 heteroatoms. The number of rotatable bonds is 4. The smallest absolute Gasteiger partial charge is 0.182 e. The zero-order chi connectivity index (χ0) is 11.4. The Morgan fingerprint density at radius 2 is 2.25 bits per heavy atom. The van der Waals surface area contributed by atoms with Gasteiger partial charge in [0.05, 0.1) is 15.0 Å². The summed E-state index contributed by atoms with van der Waals surface area (Å²) in [7, 11) is 0. The van der Waals surface area contributed by atoms with Crippen LogP contribution in [0, 0.1) is 0 Å². The first-order valence-corrected chi connectivity index (χ1v) is 7.48. The molecule has 0 bridgehead atoms. The number of carbonyl (C=O) groups is 1. The van der Waals surface area contributed by atoms with Gasteiger partial charge < -0.3 is 4.74 Å². The molecule has 1 aromatic heterocycles. The van der Waals surface area contributed by atoms with Gasteiger partial charge in [-0.25, -0.2) is 0 Å². The second-order valence-corrected chi connectivity index (χ2v) is 6.65. The highest BCUT2D eigenvalue weighted by molar-refractivity contribution is 8.00. The van der Waals surface area contributed by atoms with E-state index < -0.39 is 0 Å². The second kappa shape index (κ2) is 6.05. The summed E-state index contributed by atoms with van der Waals surface area (Å²) in [6, 6.07) is 3.58. The van der Waals surface area contributed by atoms with Crippen LogP contribution in [0.5, 0.6) is 0 Å². The van der Waals surface area contributed by atoms with Gasteiger partial charge in [0.1, 0.15) is 0 Å². The predicted octanol–water partition coefficient (Wildman–Crippen LogP) is 3.50. The van der Waals surface area contributed by atoms with E-state index in [4.69, 9.17) is 16.3 Å². The normalized spacial score (nSPS) is 17.6. The average Bonchev–Trinajstić information content (AvgIpc) is 2.74. The number of halogens is 1. The van der Waals surface area contributed by atoms with Crippen molar-refractivity contribution >= 4 is 40.5 Å². The summed E-state index contributed by atoms with van der Waals surface area (Å²) in [5.74, 6) is 0.745. The fraction of sp³-hybridized carbons (Fsp3) is 0.545. The molecule has 88 valence electrons. The summed E-state index contributed by atoms with van der Waals surface area (Å²) in [6.45, 7) is 1.66. The van der Waals surface area contributed by atoms with Crippen LogP contribution in [-0.4, -0.2) is 30.0 Å². The number of ether oxygens (including phenoxy) is 1. The molecule has 0 aliphatic carbocycles. The van der Waals surface area contributed by atoms with Crippen molar-refractivity contribution in [3.05, 3.63) is 21.3 Å². The third-order valence-electron chi connectivity index (χ3n) is 2.47. The van der Waals surface area contributed by atoms with Gasteiger partial charge in [0.25, 0.3) is 0 Å². The quantitative estimate of drug-likeness (QED) is 0.788. The first-order chi connectivity index (χ1) is 7.75. The molecule has 2 nitrogen and oxygen atoms in total. The first-order valence-electron chi connectivity index (χ1n) is 5.23. The second-order valence-electron chi connectivity index (χ2n) is 3.65. The highest BCUT2D eigenvalue weighted by atomic mass is 35.5. The Hall–Kier alpha value is -0.0300. The molecule has 1 fully saturated rings. The molecule has 1 aliphatic heterocycles. The molecule has 0 aromatic carbocycles. The summed E-state index contributed by atoms with van der Waals surface area (Å²) in [5.41, 5.74) is 0. The lowest BCUT2D eigenvalue weighted by Gasteiger charge is -2.20. The van der Waals surface area contributed by atoms with Crippen LogP contribution in [0.3, 0.4) is 0 Å². The Kier molecular flexibility index (Phi) is 4.70. The average molecular weight is 277 g/mol. The number of thioether (sulfide) groups is 1. The minimum Gasteiger partial charge on any atom is -0.381 e. The van der Waals surface area contributed by atoms with E-state index in [0.29, 0.717) is 15.3 Å². The van der Waals surface area contributed by atoms with Gasteiger partial charge in [0, 0.05) is 18.5 Å². The molecule has 0 amide bonds. The Bertz CT molecular complexity index is 359. The van der Waals surface area contributed by atoms with Crippen LogP contribution < -0.4 is 0 Å². The number of Topliss-reactive ketones (excluding diaryl/α,β-unsaturated/α-hetero) is 1. The molecule has 16 heavy (non-hydrogen) atoms. The van der Waals surface area contributed by atoms with Crippen molar-refractivity contribution in [2.45, 2.75) is 18.1 Å². The van der Waals surface area contributed by atoms with Gasteiger partial charge in [-0.05, 0) is 25.0 Å². The molecular formula is C11H13ClO2S2. The number of hydrogen-bond acceptors (Lipinski definition) is 4. The largest absolute Gasteiger partial charge is 0.381 e. The zero-order valence-corrected chi connectivity index (χ0v) is 11.2. The molecule has 2 heterocycles. The summed E-state index contributed by atoms with van der Waals surface area (Å²) in [5, 5.41) is 0.577. The Labute approximate surface area is 108 Å². The predicted molar refractivity (Wildman–Crippen MR) is 70.0 cm³/mol. The fourth-order valence-corrected chi connectivity index (χ4v) is 3.71. The number of hydrogen-bond donors (Lipinski definition) is 0. The van der Waals surface area contributed by atoms with Gasteiger partial charge in [0.2, 0.25) is 0 Å². The van der Waals surface area contributed by atoms with Crippen molar-refractivity contribution in [3.8, 4) is 0 Å². The summed E-state index contributed by atoms with van der Waals surface area (Å²) in [4.78, 5) is 12.6. The fourth-order valence-electron chi connectivity index (χ4n) is 1.57. The molecule has 1 saturated heterocycles. The Morgan fingerprint density at radius 1 is 1.50 bits per heavy atom. The van der Waals surface area contributed by atoms with Crippen molar-refractivity contribution in [2.75, 3.05) is 19.0 Å². The van der Waals surface area contributed by atoms with E-state index in [1.54, 1.807) is 23.9 Å². The lowest BCUT2D eigenvalue weighted by molar-refractivity contribution is 0.0989. The lowest BCUT2D eigenvalue weighted by atomic mass is 10.2. The van der Waals surface area contributed by atoms with Crippen molar-refractivity contribution < 1.29 is 9.53 Å². The zero-order valence-electron chi connectivity index (χ0n) is 8.78. The highest BCUT2D eigenvalue weighted by Crippen LogP contribution is 2.26. The van der Waals surface area contributed by atoms with Crippen LogP contribution in [0.4, 0.5) is 0 Å². The molecule has 0 unspecified atom stereocenters. The van der Waals surface area contributed by atoms with E-state index in [9.17, 15) is 4.79 Å². The van der Waals surface area contributed by atoms with Gasteiger partial charge in [-0.2, -0.15) is 11.8 Å². The maximum atomic E-state index is 11.8. The van der Waals surface area contributed by atoms with E-state index in [0.717, 1.165) is 30.9 Å². The number of carbonyl (C=O) groups excluding carboxylic acids is 1. The number of ketones is 1. The molecule has 2 rings (SSSR count). The SMILES string of the molecule is O=C(CSC1CCOCC1)c1ccc(Cl)s1. The lowest BCUT2D eigenvalue weighted by Crippen LogP contribution is -2.19. The minimum atomic E-state index is 0.188. The molecular weight excluding hydrogens is 264 g/mol. The van der Waals surface area contributed by atoms with Crippen LogP contribution in [0.25, 0.3) is 0 Å². The molecule has 0 saturated carbocycles. The molecule has 1 aromatic rings. The standard InChI is InChI=1S/C11H13ClO2S2/c12-11-2-1-10(16-11)9(13)7-15-8-3-5-14-6-4-8/h1-2,8H,3-7H2. The third kappa shape index (κ3) is 3.48. The molecule has 0 radical (unpaired) electrons. The van der Waals surface area contributed by atoms with Gasteiger partial charge in [-0.15, -0.1) is 11.3 Å². The Balaban J connectivity index is 1.79. The number of thiophene rings is 1. The summed E-state index contributed by atoms with van der Waals surface area (Å²) >= 11 is 8.90. The van der Waals surface area contributed by atoms with Crippen LogP contribution >= 0.6 is 34.7 Å². The molecule has 0 atom stereocenters. The topological polar surface area (TPSA) is 26.3 Å². The van der Waals surface area contributed by atoms with Crippen LogP contribution in [0.2, 0.25) is 4.34 Å². The maximum absolute atomic E-state index is 11.8. The monoisotopic (exact) mass is 276 g/mol. The van der Waals surface area contributed by atoms with Crippen molar-refractivity contribution in [1.82, 2.24) is 0 Å². The van der Waals surface area contributed by atoms with Crippen molar-refractivity contribution in [2.24, 2.45) is 0 Å². The Morgan fingerprint density at radius 3 is 2.88 bits per heavy atom. The molecule has 0 N–H and O–H groups in total. The van der Waals surface area contributed by atoms with E-state index >= 15 is 0 Å². The summed E-state index contributed by atoms with van der Waals surface area (Å²) < 4.78 is 5.96. The summed E-state index contributed by atoms with van der Waals surface area (Å²) in [6.07, 6.45) is 2.12. The maximum Gasteiger partial charge on any atom is 0.182 e. The third-order valence-corrected chi connectivity index (χ3v) is 5.11. The van der Waals surface area contributed by atoms with E-state index in [1.165, 1.54) is 11.3 Å². The first kappa shape index (κ1) is 12.4. The van der Waals surface area contributed by atoms with Gasteiger partial charge in [0.15, 0.2) is 5.78 Å². The molecule has 1 aliphatic rings. The van der Waals surface area contributed by atoms with Crippen molar-refractivity contribution in [3.63, 3.8) is 0 Å². The van der Waals surface area contributed by atoms with Gasteiger partial charge in [-0.1, -0.05) is 11.6 Å². The van der Waals surface area contributed by atoms with Crippen LogP contribution in [0.15, 0.2) is 12.1 Å². The molecule has 0 spiro atoms. The van der Waals surface area contributed by atoms with E-state index in [1.807, 2.05) is 0 Å².